The molecule has 3 N–H and O–H groups in total. The van der Waals surface area contributed by atoms with Crippen LogP contribution in [0.2, 0.25) is 0 Å². The topological polar surface area (TPSA) is 58.7 Å². The third-order valence-corrected chi connectivity index (χ3v) is 2.98. The normalized spacial score (nSPS) is 18.4. The predicted molar refractivity (Wildman–Crippen MR) is 62.3 cm³/mol. The van der Waals surface area contributed by atoms with E-state index in [-0.39, 0.29) is 12.6 Å². The van der Waals surface area contributed by atoms with Crippen LogP contribution < -0.4 is 10.5 Å². The summed E-state index contributed by atoms with van der Waals surface area (Å²) in [6, 6.07) is 8.03. The lowest BCUT2D eigenvalue weighted by molar-refractivity contribution is 0.114. The van der Waals surface area contributed by atoms with Gasteiger partial charge in [-0.2, -0.15) is 0 Å². The first-order chi connectivity index (χ1) is 7.85. The fourth-order valence-electron chi connectivity index (χ4n) is 2.00. The van der Waals surface area contributed by atoms with E-state index >= 15 is 0 Å². The molecule has 1 aromatic carbocycles. The molecule has 0 spiro atoms. The molecule has 0 fully saturated rings. The van der Waals surface area contributed by atoms with E-state index in [1.165, 1.54) is 0 Å². The lowest BCUT2D eigenvalue weighted by Crippen LogP contribution is -2.43. The Morgan fingerprint density at radius 2 is 2.25 bits per heavy atom. The van der Waals surface area contributed by atoms with Crippen LogP contribution in [0, 0.1) is 0 Å². The molecule has 0 radical (unpaired) electrons. The molecule has 16 heavy (non-hydrogen) atoms. The second-order valence-corrected chi connectivity index (χ2v) is 4.00. The van der Waals surface area contributed by atoms with Crippen LogP contribution in [0.15, 0.2) is 24.3 Å². The van der Waals surface area contributed by atoms with Crippen LogP contribution in [0.25, 0.3) is 0 Å². The van der Waals surface area contributed by atoms with Crippen LogP contribution in [-0.2, 0) is 6.54 Å². The zero-order chi connectivity index (χ0) is 11.4. The van der Waals surface area contributed by atoms with Gasteiger partial charge in [0.15, 0.2) is 0 Å². The molecule has 0 saturated heterocycles. The van der Waals surface area contributed by atoms with Crippen LogP contribution in [0.1, 0.15) is 5.56 Å². The minimum absolute atomic E-state index is 0.0229. The first-order valence-electron chi connectivity index (χ1n) is 5.61. The number of aliphatic hydroxyl groups is 1. The zero-order valence-electron chi connectivity index (χ0n) is 9.30. The van der Waals surface area contributed by atoms with E-state index in [0.717, 1.165) is 24.4 Å². The third-order valence-electron chi connectivity index (χ3n) is 2.98. The van der Waals surface area contributed by atoms with E-state index in [4.69, 9.17) is 10.5 Å². The maximum atomic E-state index is 9.26. The van der Waals surface area contributed by atoms with Crippen molar-refractivity contribution in [2.24, 2.45) is 5.73 Å². The summed E-state index contributed by atoms with van der Waals surface area (Å²) < 4.78 is 5.65. The Morgan fingerprint density at radius 3 is 3.00 bits per heavy atom. The highest BCUT2D eigenvalue weighted by atomic mass is 16.5. The van der Waals surface area contributed by atoms with Crippen LogP contribution >= 0.6 is 0 Å². The van der Waals surface area contributed by atoms with Crippen LogP contribution in [0.3, 0.4) is 0 Å². The fourth-order valence-corrected chi connectivity index (χ4v) is 2.00. The Labute approximate surface area is 95.6 Å². The number of hydrogen-bond acceptors (Lipinski definition) is 4. The molecule has 1 aromatic rings. The summed E-state index contributed by atoms with van der Waals surface area (Å²) in [7, 11) is 0. The third kappa shape index (κ3) is 2.35. The minimum Gasteiger partial charge on any atom is -0.492 e. The van der Waals surface area contributed by atoms with Gasteiger partial charge in [0.2, 0.25) is 0 Å². The van der Waals surface area contributed by atoms with Gasteiger partial charge in [-0.3, -0.25) is 4.90 Å². The molecular formula is C12H18N2O2. The Hall–Kier alpha value is -1.10. The van der Waals surface area contributed by atoms with Gasteiger partial charge in [-0.15, -0.1) is 0 Å². The standard InChI is InChI=1S/C12H18N2O2/c13-7-11(9-15)14-5-6-16-12-4-2-1-3-10(12)8-14/h1-4,11,15H,5-9,13H2. The molecule has 1 aliphatic rings. The van der Waals surface area contributed by atoms with E-state index < -0.39 is 0 Å². The maximum Gasteiger partial charge on any atom is 0.123 e. The predicted octanol–water partition coefficient (Wildman–Crippen LogP) is 0.201. The number of nitrogens with two attached hydrogens (primary N) is 1. The molecule has 4 heteroatoms. The van der Waals surface area contributed by atoms with Crippen molar-refractivity contribution in [2.75, 3.05) is 26.3 Å². The molecular weight excluding hydrogens is 204 g/mol. The summed E-state index contributed by atoms with van der Waals surface area (Å²) in [4.78, 5) is 2.17. The van der Waals surface area contributed by atoms with E-state index in [1.807, 2.05) is 18.2 Å². The number of aliphatic hydroxyl groups excluding tert-OH is 1. The monoisotopic (exact) mass is 222 g/mol. The zero-order valence-corrected chi connectivity index (χ0v) is 9.30. The molecule has 1 unspecified atom stereocenters. The second-order valence-electron chi connectivity index (χ2n) is 4.00. The summed E-state index contributed by atoms with van der Waals surface area (Å²) in [5.41, 5.74) is 6.80. The Morgan fingerprint density at radius 1 is 1.44 bits per heavy atom. The highest BCUT2D eigenvalue weighted by Gasteiger charge is 2.20. The molecule has 1 aliphatic heterocycles. The van der Waals surface area contributed by atoms with Gasteiger partial charge in [0.05, 0.1) is 6.61 Å². The highest BCUT2D eigenvalue weighted by Crippen LogP contribution is 2.23. The number of rotatable bonds is 3. The van der Waals surface area contributed by atoms with Gasteiger partial charge < -0.3 is 15.6 Å². The SMILES string of the molecule is NCC(CO)N1CCOc2ccccc2C1. The molecule has 1 atom stereocenters. The molecule has 4 nitrogen and oxygen atoms in total. The number of fused-ring (bicyclic) bond motifs is 1. The van der Waals surface area contributed by atoms with Crippen molar-refractivity contribution >= 4 is 0 Å². The van der Waals surface area contributed by atoms with E-state index in [0.29, 0.717) is 13.2 Å². The second kappa shape index (κ2) is 5.30. The average molecular weight is 222 g/mol. The van der Waals surface area contributed by atoms with E-state index in [1.54, 1.807) is 0 Å². The highest BCUT2D eigenvalue weighted by molar-refractivity contribution is 5.33. The first-order valence-corrected chi connectivity index (χ1v) is 5.61. The number of nitrogens with zero attached hydrogens (tertiary/aromatic N) is 1. The number of para-hydroxylation sites is 1. The summed E-state index contributed by atoms with van der Waals surface area (Å²) in [6.07, 6.45) is 0. The van der Waals surface area contributed by atoms with Crippen molar-refractivity contribution in [3.63, 3.8) is 0 Å². The lowest BCUT2D eigenvalue weighted by atomic mass is 10.1. The van der Waals surface area contributed by atoms with Gasteiger partial charge in [0.25, 0.3) is 0 Å². The maximum absolute atomic E-state index is 9.26. The van der Waals surface area contributed by atoms with Gasteiger partial charge in [0.1, 0.15) is 12.4 Å². The van der Waals surface area contributed by atoms with Crippen molar-refractivity contribution in [3.8, 4) is 5.75 Å². The number of hydrogen-bond donors (Lipinski definition) is 2. The lowest BCUT2D eigenvalue weighted by Gasteiger charge is -2.27. The summed E-state index contributed by atoms with van der Waals surface area (Å²) in [5, 5.41) is 9.26. The van der Waals surface area contributed by atoms with Crippen molar-refractivity contribution in [1.29, 1.82) is 0 Å². The largest absolute Gasteiger partial charge is 0.492 e. The quantitative estimate of drug-likeness (QED) is 0.767. The number of ether oxygens (including phenoxy) is 1. The van der Waals surface area contributed by atoms with Crippen LogP contribution in [0.4, 0.5) is 0 Å². The van der Waals surface area contributed by atoms with E-state index in [2.05, 4.69) is 11.0 Å². The Bertz CT molecular complexity index is 340. The van der Waals surface area contributed by atoms with Crippen LogP contribution in [-0.4, -0.2) is 42.4 Å². The smallest absolute Gasteiger partial charge is 0.123 e. The van der Waals surface area contributed by atoms with Gasteiger partial charge in [0, 0.05) is 31.2 Å². The fraction of sp³-hybridized carbons (Fsp3) is 0.500. The number of benzene rings is 1. The molecule has 88 valence electrons. The van der Waals surface area contributed by atoms with Crippen LogP contribution in [0.5, 0.6) is 5.75 Å². The molecule has 0 bridgehead atoms. The molecule has 2 rings (SSSR count). The molecule has 0 saturated carbocycles. The van der Waals surface area contributed by atoms with E-state index in [9.17, 15) is 5.11 Å². The van der Waals surface area contributed by atoms with Crippen molar-refractivity contribution in [1.82, 2.24) is 4.90 Å². The van der Waals surface area contributed by atoms with Gasteiger partial charge in [-0.25, -0.2) is 0 Å². The van der Waals surface area contributed by atoms with Gasteiger partial charge >= 0.3 is 0 Å². The van der Waals surface area contributed by atoms with Gasteiger partial charge in [-0.1, -0.05) is 18.2 Å². The minimum atomic E-state index is 0.0229. The van der Waals surface area contributed by atoms with Crippen molar-refractivity contribution < 1.29 is 9.84 Å². The summed E-state index contributed by atoms with van der Waals surface area (Å²) >= 11 is 0. The Balaban J connectivity index is 2.16. The van der Waals surface area contributed by atoms with Crippen molar-refractivity contribution in [2.45, 2.75) is 12.6 Å². The van der Waals surface area contributed by atoms with Crippen molar-refractivity contribution in [3.05, 3.63) is 29.8 Å². The van der Waals surface area contributed by atoms with Gasteiger partial charge in [-0.05, 0) is 6.07 Å². The molecule has 0 amide bonds. The Kier molecular flexibility index (Phi) is 3.77. The molecule has 1 heterocycles. The summed E-state index contributed by atoms with van der Waals surface area (Å²) in [5.74, 6) is 0.943. The molecule has 0 aliphatic carbocycles. The molecule has 0 aromatic heterocycles. The average Bonchev–Trinajstić information content (AvgIpc) is 2.53. The first kappa shape index (κ1) is 11.4. The summed E-state index contributed by atoms with van der Waals surface area (Å²) in [6.45, 7) is 2.81.